The van der Waals surface area contributed by atoms with Crippen LogP contribution in [0.25, 0.3) is 0 Å². The maximum atomic E-state index is 12.2. The molecule has 142 valence electrons. The molecule has 0 saturated carbocycles. The summed E-state index contributed by atoms with van der Waals surface area (Å²) in [5, 5.41) is 5.55. The van der Waals surface area contributed by atoms with Crippen molar-refractivity contribution in [3.05, 3.63) is 95.1 Å². The number of nitrogens with two attached hydrogens (primary N) is 1. The molecule has 6 heteroatoms. The SMILES string of the molecule is NCc1ccccc1NC(=O)c1cccc(CCl)c1.O=C1Nc2cccc1c2. The van der Waals surface area contributed by atoms with Crippen LogP contribution in [0.2, 0.25) is 0 Å². The molecule has 0 aliphatic carbocycles. The zero-order valence-corrected chi connectivity index (χ0v) is 15.9. The van der Waals surface area contributed by atoms with Gasteiger partial charge in [-0.3, -0.25) is 9.59 Å². The number of fused-ring (bicyclic) bond motifs is 2. The molecule has 1 aliphatic heterocycles. The van der Waals surface area contributed by atoms with Gasteiger partial charge in [-0.2, -0.15) is 0 Å². The maximum absolute atomic E-state index is 12.2. The minimum atomic E-state index is -0.159. The molecule has 0 saturated heterocycles. The third-order valence-corrected chi connectivity index (χ3v) is 4.52. The summed E-state index contributed by atoms with van der Waals surface area (Å²) in [4.78, 5) is 22.9. The number of para-hydroxylation sites is 1. The van der Waals surface area contributed by atoms with Crippen molar-refractivity contribution in [3.63, 3.8) is 0 Å². The lowest BCUT2D eigenvalue weighted by Gasteiger charge is -2.10. The van der Waals surface area contributed by atoms with Crippen LogP contribution in [-0.2, 0) is 12.4 Å². The number of hydrogen-bond acceptors (Lipinski definition) is 3. The van der Waals surface area contributed by atoms with Crippen molar-refractivity contribution in [1.29, 1.82) is 0 Å². The Morgan fingerprint density at radius 3 is 2.50 bits per heavy atom. The molecule has 0 atom stereocenters. The Bertz CT molecular complexity index is 1000. The first kappa shape index (κ1) is 19.6. The van der Waals surface area contributed by atoms with E-state index in [0.29, 0.717) is 18.0 Å². The van der Waals surface area contributed by atoms with E-state index in [4.69, 9.17) is 17.3 Å². The van der Waals surface area contributed by atoms with Gasteiger partial charge >= 0.3 is 0 Å². The second-order valence-electron chi connectivity index (χ2n) is 6.18. The summed E-state index contributed by atoms with van der Waals surface area (Å²) < 4.78 is 0. The molecule has 2 amide bonds. The first-order valence-electron chi connectivity index (χ1n) is 8.76. The Morgan fingerprint density at radius 2 is 1.79 bits per heavy atom. The summed E-state index contributed by atoms with van der Waals surface area (Å²) in [7, 11) is 0. The molecule has 3 aromatic rings. The topological polar surface area (TPSA) is 84.2 Å². The van der Waals surface area contributed by atoms with Gasteiger partial charge in [-0.15, -0.1) is 11.6 Å². The van der Waals surface area contributed by atoms with Gasteiger partial charge in [0.05, 0.1) is 0 Å². The molecule has 4 rings (SSSR count). The Hall–Kier alpha value is -3.15. The molecule has 2 bridgehead atoms. The van der Waals surface area contributed by atoms with Crippen LogP contribution in [0.1, 0.15) is 31.8 Å². The number of hydrogen-bond donors (Lipinski definition) is 3. The fourth-order valence-corrected chi connectivity index (χ4v) is 2.92. The molecule has 4 N–H and O–H groups in total. The molecule has 0 radical (unpaired) electrons. The summed E-state index contributed by atoms with van der Waals surface area (Å²) in [6.45, 7) is 0.387. The number of nitrogens with one attached hydrogen (secondary N) is 2. The van der Waals surface area contributed by atoms with E-state index in [1.807, 2.05) is 54.6 Å². The van der Waals surface area contributed by atoms with Crippen LogP contribution in [0, 0.1) is 0 Å². The number of rotatable bonds is 4. The van der Waals surface area contributed by atoms with Crippen molar-refractivity contribution in [2.24, 2.45) is 5.73 Å². The van der Waals surface area contributed by atoms with Gasteiger partial charge in [-0.05, 0) is 47.5 Å². The van der Waals surface area contributed by atoms with Crippen LogP contribution in [0.15, 0.2) is 72.8 Å². The molecule has 0 unspecified atom stereocenters. The highest BCUT2D eigenvalue weighted by atomic mass is 35.5. The van der Waals surface area contributed by atoms with E-state index >= 15 is 0 Å². The molecule has 0 fully saturated rings. The number of benzene rings is 3. The molecule has 28 heavy (non-hydrogen) atoms. The van der Waals surface area contributed by atoms with Gasteiger partial charge in [0.2, 0.25) is 0 Å². The fourth-order valence-electron chi connectivity index (χ4n) is 2.75. The van der Waals surface area contributed by atoms with E-state index in [0.717, 1.165) is 28.1 Å². The first-order chi connectivity index (χ1) is 13.6. The van der Waals surface area contributed by atoms with Crippen molar-refractivity contribution in [2.75, 3.05) is 10.6 Å². The number of carbonyl (C=O) groups is 2. The predicted octanol–water partition coefficient (Wildman–Crippen LogP) is 4.39. The standard InChI is InChI=1S/C15H15ClN2O.C7H5NO/c16-9-11-4-3-6-12(8-11)15(19)18-14-7-2-1-5-13(14)10-17;9-7-5-2-1-3-6(4-5)8-7/h1-8H,9-10,17H2,(H,18,19);1-4H,(H,8,9). The molecule has 3 aromatic carbocycles. The van der Waals surface area contributed by atoms with Gasteiger partial charge in [-0.1, -0.05) is 36.4 Å². The average Bonchev–Trinajstić information content (AvgIpc) is 2.99. The molecular weight excluding hydrogens is 374 g/mol. The van der Waals surface area contributed by atoms with Crippen molar-refractivity contribution >= 4 is 34.8 Å². The van der Waals surface area contributed by atoms with Crippen molar-refractivity contribution in [2.45, 2.75) is 12.4 Å². The van der Waals surface area contributed by atoms with Gasteiger partial charge in [0.1, 0.15) is 0 Å². The van der Waals surface area contributed by atoms with Crippen LogP contribution in [-0.4, -0.2) is 11.8 Å². The van der Waals surface area contributed by atoms with E-state index in [1.54, 1.807) is 18.2 Å². The highest BCUT2D eigenvalue weighted by Crippen LogP contribution is 2.18. The number of amides is 2. The van der Waals surface area contributed by atoms with Crippen molar-refractivity contribution < 1.29 is 9.59 Å². The fraction of sp³-hybridized carbons (Fsp3) is 0.0909. The second-order valence-corrected chi connectivity index (χ2v) is 6.45. The minimum absolute atomic E-state index is 0.00926. The lowest BCUT2D eigenvalue weighted by molar-refractivity contribution is 0.102. The molecule has 1 heterocycles. The Balaban J connectivity index is 0.000000206. The van der Waals surface area contributed by atoms with Crippen molar-refractivity contribution in [3.8, 4) is 0 Å². The monoisotopic (exact) mass is 393 g/mol. The summed E-state index contributed by atoms with van der Waals surface area (Å²) in [6, 6.07) is 22.1. The van der Waals surface area contributed by atoms with Gasteiger partial charge in [0, 0.05) is 34.9 Å². The van der Waals surface area contributed by atoms with Gasteiger partial charge in [0.25, 0.3) is 11.8 Å². The Kier molecular flexibility index (Phi) is 6.42. The molecule has 0 aromatic heterocycles. The Morgan fingerprint density at radius 1 is 1.00 bits per heavy atom. The van der Waals surface area contributed by atoms with Gasteiger partial charge < -0.3 is 16.4 Å². The van der Waals surface area contributed by atoms with Crippen LogP contribution in [0.5, 0.6) is 0 Å². The van der Waals surface area contributed by atoms with E-state index in [1.165, 1.54) is 0 Å². The Labute approximate surface area is 168 Å². The summed E-state index contributed by atoms with van der Waals surface area (Å²) >= 11 is 5.76. The molecule has 0 spiro atoms. The zero-order valence-electron chi connectivity index (χ0n) is 15.1. The quantitative estimate of drug-likeness (QED) is 0.575. The number of carbonyl (C=O) groups excluding carboxylic acids is 2. The average molecular weight is 394 g/mol. The van der Waals surface area contributed by atoms with E-state index < -0.39 is 0 Å². The normalized spacial score (nSPS) is 11.3. The maximum Gasteiger partial charge on any atom is 0.255 e. The van der Waals surface area contributed by atoms with Crippen molar-refractivity contribution in [1.82, 2.24) is 0 Å². The van der Waals surface area contributed by atoms with Crippen LogP contribution in [0.3, 0.4) is 0 Å². The highest BCUT2D eigenvalue weighted by molar-refractivity contribution is 6.17. The van der Waals surface area contributed by atoms with Crippen LogP contribution in [0.4, 0.5) is 11.4 Å². The van der Waals surface area contributed by atoms with Crippen LogP contribution >= 0.6 is 11.6 Å². The third kappa shape index (κ3) is 4.76. The smallest absolute Gasteiger partial charge is 0.255 e. The number of anilines is 2. The van der Waals surface area contributed by atoms with Gasteiger partial charge in [0.15, 0.2) is 0 Å². The minimum Gasteiger partial charge on any atom is -0.326 e. The highest BCUT2D eigenvalue weighted by Gasteiger charge is 2.12. The van der Waals surface area contributed by atoms with E-state index in [2.05, 4.69) is 10.6 Å². The summed E-state index contributed by atoms with van der Waals surface area (Å²) in [5.74, 6) is 0.239. The van der Waals surface area contributed by atoms with E-state index in [-0.39, 0.29) is 11.8 Å². The largest absolute Gasteiger partial charge is 0.326 e. The molecule has 1 aliphatic rings. The lowest BCUT2D eigenvalue weighted by Crippen LogP contribution is -2.14. The summed E-state index contributed by atoms with van der Waals surface area (Å²) in [5.41, 5.74) is 10.5. The first-order valence-corrected chi connectivity index (χ1v) is 9.30. The summed E-state index contributed by atoms with van der Waals surface area (Å²) in [6.07, 6.45) is 0. The predicted molar refractivity (Wildman–Crippen MR) is 113 cm³/mol. The third-order valence-electron chi connectivity index (χ3n) is 4.21. The molecule has 5 nitrogen and oxygen atoms in total. The zero-order chi connectivity index (χ0) is 19.9. The van der Waals surface area contributed by atoms with E-state index in [9.17, 15) is 9.59 Å². The molecular formula is C22H20ClN3O2. The van der Waals surface area contributed by atoms with Gasteiger partial charge in [-0.25, -0.2) is 0 Å². The number of alkyl halides is 1. The number of halogens is 1. The lowest BCUT2D eigenvalue weighted by atomic mass is 10.1. The second kappa shape index (κ2) is 9.17. The van der Waals surface area contributed by atoms with Crippen LogP contribution < -0.4 is 16.4 Å².